The monoisotopic (exact) mass is 945 g/mol. The van der Waals surface area contributed by atoms with Gasteiger partial charge >= 0.3 is 6.03 Å². The third-order valence-corrected chi connectivity index (χ3v) is 14.7. The highest BCUT2D eigenvalue weighted by atomic mass is 32.2. The average molecular weight is 946 g/mol. The first-order valence-corrected chi connectivity index (χ1v) is 23.4. The zero-order valence-electron chi connectivity index (χ0n) is 36.4. The summed E-state index contributed by atoms with van der Waals surface area (Å²) in [6, 6.07) is 0.244. The van der Waals surface area contributed by atoms with E-state index in [1.807, 2.05) is 11.8 Å². The molecule has 366 valence electrons. The van der Waals surface area contributed by atoms with Crippen LogP contribution in [0.15, 0.2) is 12.2 Å². The number of urea groups is 1. The molecule has 11 unspecified atom stereocenters. The van der Waals surface area contributed by atoms with E-state index in [0.717, 1.165) is 29.9 Å². The van der Waals surface area contributed by atoms with E-state index in [0.29, 0.717) is 24.8 Å². The van der Waals surface area contributed by atoms with Crippen LogP contribution in [-0.4, -0.2) is 220 Å². The van der Waals surface area contributed by atoms with Gasteiger partial charge in [0.05, 0.1) is 75.8 Å². The van der Waals surface area contributed by atoms with Crippen molar-refractivity contribution in [3.8, 4) is 0 Å². The van der Waals surface area contributed by atoms with Crippen molar-refractivity contribution < 1.29 is 87.8 Å². The maximum Gasteiger partial charge on any atom is 0.315 e. The number of rotatable bonds is 23. The Bertz CT molecular complexity index is 1680. The number of carbonyl (C=O) groups is 5. The summed E-state index contributed by atoms with van der Waals surface area (Å²) in [6.45, 7) is 3.26. The van der Waals surface area contributed by atoms with Crippen LogP contribution in [0.25, 0.3) is 0 Å². The molecule has 17 atom stereocenters. The number of hydrogen-bond acceptors (Lipinski definition) is 19. The van der Waals surface area contributed by atoms with E-state index in [1.54, 1.807) is 0 Å². The van der Waals surface area contributed by atoms with Crippen molar-refractivity contribution in [3.05, 3.63) is 12.2 Å². The predicted octanol–water partition coefficient (Wildman–Crippen LogP) is -4.27. The van der Waals surface area contributed by atoms with E-state index in [2.05, 4.69) is 21.3 Å². The molecule has 24 heteroatoms. The van der Waals surface area contributed by atoms with Crippen LogP contribution >= 0.6 is 11.8 Å². The fraction of sp³-hybridized carbons (Fsp3) is 0.829. The molecule has 23 nitrogen and oxygen atoms in total. The molecule has 0 aromatic heterocycles. The highest BCUT2D eigenvalue weighted by Gasteiger charge is 2.74. The summed E-state index contributed by atoms with van der Waals surface area (Å²) in [4.78, 5) is 65.7. The molecule has 65 heavy (non-hydrogen) atoms. The van der Waals surface area contributed by atoms with E-state index >= 15 is 0 Å². The van der Waals surface area contributed by atoms with Gasteiger partial charge in [0.25, 0.3) is 0 Å². The molecule has 7 rings (SSSR count). The van der Waals surface area contributed by atoms with E-state index in [1.165, 1.54) is 26.0 Å². The minimum absolute atomic E-state index is 0.0479. The third-order valence-electron chi connectivity index (χ3n) is 13.2. The van der Waals surface area contributed by atoms with Crippen molar-refractivity contribution in [3.63, 3.8) is 0 Å². The second-order valence-electron chi connectivity index (χ2n) is 17.7. The molecule has 7 heterocycles. The van der Waals surface area contributed by atoms with Gasteiger partial charge in [0, 0.05) is 43.5 Å². The summed E-state index contributed by atoms with van der Waals surface area (Å²) in [7, 11) is 0. The van der Waals surface area contributed by atoms with Crippen molar-refractivity contribution in [2.75, 3.05) is 65.0 Å². The second kappa shape index (κ2) is 21.5. The van der Waals surface area contributed by atoms with Gasteiger partial charge in [-0.3, -0.25) is 24.1 Å². The minimum Gasteiger partial charge on any atom is -0.388 e. The summed E-state index contributed by atoms with van der Waals surface area (Å²) in [5.74, 6) is -3.30. The van der Waals surface area contributed by atoms with Crippen LogP contribution in [-0.2, 0) is 52.3 Å². The van der Waals surface area contributed by atoms with Crippen molar-refractivity contribution in [1.82, 2.24) is 26.2 Å². The van der Waals surface area contributed by atoms with Crippen LogP contribution in [0.4, 0.5) is 4.79 Å². The number of aliphatic hydroxyl groups excluding tert-OH is 6. The first kappa shape index (κ1) is 49.8. The SMILES string of the molecule is C[C@@H]1O[C@H](OCC23C=CC(CO[C@H]4O[C@@H](C)[C@@H](O)C(O)C4O)(O2)C2C(=O)N(CCC(=O)NCCOCCOCCNC(=O)CCCCC4SCC5NC(=O)NC54)C(=O)C23)C(O)C(O)[C@@H]1O. The molecule has 2 bridgehead atoms. The fourth-order valence-electron chi connectivity index (χ4n) is 9.54. The van der Waals surface area contributed by atoms with E-state index in [4.69, 9.17) is 33.2 Å². The van der Waals surface area contributed by atoms with Gasteiger partial charge in [-0.05, 0) is 26.7 Å². The molecule has 6 amide bonds. The molecule has 0 aliphatic carbocycles. The normalized spacial score (nSPS) is 40.5. The van der Waals surface area contributed by atoms with E-state index < -0.39 is 115 Å². The van der Waals surface area contributed by atoms with Gasteiger partial charge in [0.2, 0.25) is 23.6 Å². The average Bonchev–Trinajstić information content (AvgIpc) is 4.08. The molecular formula is C41H63N5O18S. The molecule has 0 spiro atoms. The van der Waals surface area contributed by atoms with Crippen molar-refractivity contribution in [2.24, 2.45) is 11.8 Å². The lowest BCUT2D eigenvalue weighted by atomic mass is 9.72. The number of carbonyl (C=O) groups excluding carboxylic acids is 5. The van der Waals surface area contributed by atoms with Gasteiger partial charge in [-0.25, -0.2) is 4.79 Å². The zero-order valence-corrected chi connectivity index (χ0v) is 37.2. The Morgan fingerprint density at radius 1 is 0.738 bits per heavy atom. The number of likely N-dealkylation sites (tertiary alicyclic amines) is 1. The Hall–Kier alpha value is -3.08. The van der Waals surface area contributed by atoms with Gasteiger partial charge in [-0.2, -0.15) is 11.8 Å². The summed E-state index contributed by atoms with van der Waals surface area (Å²) in [6.07, 6.45) is -8.20. The van der Waals surface area contributed by atoms with E-state index in [9.17, 15) is 54.6 Å². The molecule has 0 saturated carbocycles. The van der Waals surface area contributed by atoms with Gasteiger partial charge in [-0.1, -0.05) is 18.6 Å². The summed E-state index contributed by atoms with van der Waals surface area (Å²) in [5, 5.41) is 73.9. The lowest BCUT2D eigenvalue weighted by Crippen LogP contribution is -2.58. The first-order valence-electron chi connectivity index (χ1n) is 22.3. The first-order chi connectivity index (χ1) is 31.1. The Morgan fingerprint density at radius 2 is 1.26 bits per heavy atom. The number of thioether (sulfide) groups is 1. The Labute approximate surface area is 379 Å². The molecule has 10 N–H and O–H groups in total. The summed E-state index contributed by atoms with van der Waals surface area (Å²) < 4.78 is 40.4. The number of imide groups is 1. The number of amides is 6. The number of hydrogen-bond donors (Lipinski definition) is 10. The molecular weight excluding hydrogens is 883 g/mol. The smallest absolute Gasteiger partial charge is 0.315 e. The Morgan fingerprint density at radius 3 is 1.80 bits per heavy atom. The number of aliphatic hydroxyl groups is 6. The molecule has 0 aromatic rings. The lowest BCUT2D eigenvalue weighted by molar-refractivity contribution is -0.307. The standard InChI is InChI=1S/C41H63N5O18S/c1-20-29(49)31(51)33(53)37(62-20)60-18-40-8-9-41(64-40,19-61-38-34(54)32(52)30(50)21(2)63-38)27-26(40)35(55)46(36(27)56)12-7-25(48)43-11-14-59-16-15-58-13-10-42-24(47)6-4-3-5-23-28-22(17-65-23)44-39(57)45-28/h8-9,20-23,26-34,37-38,49-54H,3-7,10-19H2,1-2H3,(H,42,47)(H,43,48)(H2,44,45,57)/t20-,21-,22?,23?,26?,27?,28?,29+,30+,31?,32?,33?,34?,37-,38-,40?,41?/m0/s1. The second-order valence-corrected chi connectivity index (χ2v) is 18.9. The highest BCUT2D eigenvalue weighted by molar-refractivity contribution is 8.00. The van der Waals surface area contributed by atoms with Gasteiger partial charge in [0.15, 0.2) is 12.6 Å². The lowest BCUT2D eigenvalue weighted by Gasteiger charge is -2.40. The van der Waals surface area contributed by atoms with Crippen molar-refractivity contribution in [2.45, 2.75) is 136 Å². The molecule has 0 aromatic carbocycles. The number of unbranched alkanes of at least 4 members (excludes halogenated alkanes) is 1. The van der Waals surface area contributed by atoms with Gasteiger partial charge in [0.1, 0.15) is 47.8 Å². The van der Waals surface area contributed by atoms with Crippen molar-refractivity contribution >= 4 is 41.4 Å². The minimum atomic E-state index is -1.66. The number of fused-ring (bicyclic) bond motifs is 6. The molecule has 7 aliphatic heterocycles. The van der Waals surface area contributed by atoms with Gasteiger partial charge in [-0.15, -0.1) is 0 Å². The van der Waals surface area contributed by atoms with Gasteiger partial charge < -0.3 is 85.1 Å². The van der Waals surface area contributed by atoms with Crippen LogP contribution in [0, 0.1) is 11.8 Å². The largest absolute Gasteiger partial charge is 0.388 e. The number of nitrogens with zero attached hydrogens (tertiary/aromatic N) is 1. The van der Waals surface area contributed by atoms with E-state index in [-0.39, 0.29) is 63.4 Å². The summed E-state index contributed by atoms with van der Waals surface area (Å²) >= 11 is 1.85. The Balaban J connectivity index is 0.812. The predicted molar refractivity (Wildman–Crippen MR) is 222 cm³/mol. The molecule has 6 saturated heterocycles. The van der Waals surface area contributed by atoms with Crippen LogP contribution < -0.4 is 21.3 Å². The maximum absolute atomic E-state index is 14.1. The third kappa shape index (κ3) is 10.8. The molecule has 6 fully saturated rings. The fourth-order valence-corrected chi connectivity index (χ4v) is 11.1. The zero-order chi connectivity index (χ0) is 46.6. The van der Waals surface area contributed by atoms with Crippen LogP contribution in [0.3, 0.4) is 0 Å². The molecule has 7 aliphatic rings. The van der Waals surface area contributed by atoms with Crippen LogP contribution in [0.1, 0.15) is 46.0 Å². The van der Waals surface area contributed by atoms with Crippen molar-refractivity contribution in [1.29, 1.82) is 0 Å². The van der Waals surface area contributed by atoms with Crippen LogP contribution in [0.5, 0.6) is 0 Å². The maximum atomic E-state index is 14.1. The Kier molecular flexibility index (Phi) is 16.5. The topological polar surface area (TPSA) is 323 Å². The summed E-state index contributed by atoms with van der Waals surface area (Å²) in [5.41, 5.74) is -3.24. The quantitative estimate of drug-likeness (QED) is 0.0201. The van der Waals surface area contributed by atoms with Crippen LogP contribution in [0.2, 0.25) is 0 Å². The number of ether oxygens (including phenoxy) is 7. The molecule has 0 radical (unpaired) electrons. The highest BCUT2D eigenvalue weighted by Crippen LogP contribution is 2.58. The number of nitrogens with one attached hydrogen (secondary N) is 4.